The molecule has 0 aliphatic rings. The van der Waals surface area contributed by atoms with Crippen molar-refractivity contribution in [1.29, 1.82) is 5.26 Å². The molecule has 2 heteroatoms. The molecule has 244 valence electrons. The van der Waals surface area contributed by atoms with Crippen molar-refractivity contribution in [1.82, 2.24) is 4.57 Å². The molecular weight excluding hydrogens is 641 g/mol. The summed E-state index contributed by atoms with van der Waals surface area (Å²) in [4.78, 5) is 0. The molecule has 2 nitrogen and oxygen atoms in total. The molecule has 0 aliphatic carbocycles. The average molecular weight is 671 g/mol. The van der Waals surface area contributed by atoms with Gasteiger partial charge in [0.2, 0.25) is 0 Å². The van der Waals surface area contributed by atoms with E-state index in [4.69, 9.17) is 0 Å². The first-order valence-electron chi connectivity index (χ1n) is 18.1. The van der Waals surface area contributed by atoms with Gasteiger partial charge in [0.05, 0.1) is 22.7 Å². The molecule has 0 spiro atoms. The molecule has 11 rings (SSSR count). The number of para-hydroxylation sites is 1. The van der Waals surface area contributed by atoms with E-state index in [0.717, 1.165) is 27.5 Å². The summed E-state index contributed by atoms with van der Waals surface area (Å²) in [6, 6.07) is 68.0. The van der Waals surface area contributed by atoms with Gasteiger partial charge in [0.1, 0.15) is 0 Å². The number of aromatic nitrogens is 1. The Bertz CT molecular complexity index is 3220. The quantitative estimate of drug-likeness (QED) is 0.135. The van der Waals surface area contributed by atoms with E-state index in [9.17, 15) is 5.26 Å². The molecule has 1 heterocycles. The van der Waals surface area contributed by atoms with E-state index in [0.29, 0.717) is 5.56 Å². The lowest BCUT2D eigenvalue weighted by Gasteiger charge is -2.20. The molecule has 0 aliphatic heterocycles. The van der Waals surface area contributed by atoms with Crippen molar-refractivity contribution >= 4 is 64.9 Å². The zero-order valence-corrected chi connectivity index (χ0v) is 28.7. The van der Waals surface area contributed by atoms with Gasteiger partial charge in [-0.25, -0.2) is 0 Å². The Morgan fingerprint density at radius 3 is 1.38 bits per heavy atom. The van der Waals surface area contributed by atoms with Gasteiger partial charge in [-0.15, -0.1) is 0 Å². The van der Waals surface area contributed by atoms with Crippen LogP contribution >= 0.6 is 0 Å². The molecule has 0 radical (unpaired) electrons. The van der Waals surface area contributed by atoms with Crippen LogP contribution < -0.4 is 0 Å². The lowest BCUT2D eigenvalue weighted by molar-refractivity contribution is 1.18. The maximum absolute atomic E-state index is 10.2. The monoisotopic (exact) mass is 670 g/mol. The van der Waals surface area contributed by atoms with E-state index in [-0.39, 0.29) is 0 Å². The lowest BCUT2D eigenvalue weighted by Crippen LogP contribution is -1.94. The van der Waals surface area contributed by atoms with Crippen molar-refractivity contribution in [3.63, 3.8) is 0 Å². The molecule has 11 aromatic rings. The largest absolute Gasteiger partial charge is 0.309 e. The number of nitriles is 1. The van der Waals surface area contributed by atoms with Crippen LogP contribution in [0, 0.1) is 11.3 Å². The van der Waals surface area contributed by atoms with Crippen molar-refractivity contribution in [2.24, 2.45) is 0 Å². The zero-order chi connectivity index (χ0) is 35.0. The van der Waals surface area contributed by atoms with Crippen LogP contribution in [0.4, 0.5) is 0 Å². The summed E-state index contributed by atoms with van der Waals surface area (Å²) >= 11 is 0. The van der Waals surface area contributed by atoms with Crippen LogP contribution in [-0.2, 0) is 0 Å². The van der Waals surface area contributed by atoms with Crippen molar-refractivity contribution in [3.8, 4) is 45.1 Å². The topological polar surface area (TPSA) is 28.7 Å². The van der Waals surface area contributed by atoms with Gasteiger partial charge in [0, 0.05) is 21.8 Å². The Morgan fingerprint density at radius 2 is 0.774 bits per heavy atom. The van der Waals surface area contributed by atoms with Gasteiger partial charge in [-0.3, -0.25) is 0 Å². The number of hydrogen-bond donors (Lipinski definition) is 0. The predicted octanol–water partition coefficient (Wildman–Crippen LogP) is 13.7. The molecule has 0 saturated heterocycles. The summed E-state index contributed by atoms with van der Waals surface area (Å²) in [5.41, 5.74) is 11.4. The fourth-order valence-electron chi connectivity index (χ4n) is 9.02. The summed E-state index contributed by atoms with van der Waals surface area (Å²) in [6.45, 7) is 0. The molecule has 0 atom stereocenters. The van der Waals surface area contributed by atoms with E-state index in [1.807, 2.05) is 6.07 Å². The fourth-order valence-corrected chi connectivity index (χ4v) is 9.02. The minimum Gasteiger partial charge on any atom is -0.309 e. The predicted molar refractivity (Wildman–Crippen MR) is 223 cm³/mol. The maximum Gasteiger partial charge on any atom is 0.0998 e. The summed E-state index contributed by atoms with van der Waals surface area (Å²) in [5, 5.41) is 22.0. The van der Waals surface area contributed by atoms with Crippen molar-refractivity contribution in [3.05, 3.63) is 188 Å². The van der Waals surface area contributed by atoms with Crippen molar-refractivity contribution in [2.45, 2.75) is 0 Å². The highest BCUT2D eigenvalue weighted by Crippen LogP contribution is 2.49. The van der Waals surface area contributed by atoms with E-state index in [1.165, 1.54) is 76.5 Å². The van der Waals surface area contributed by atoms with Gasteiger partial charge in [0.15, 0.2) is 0 Å². The van der Waals surface area contributed by atoms with Gasteiger partial charge >= 0.3 is 0 Å². The number of hydrogen-bond acceptors (Lipinski definition) is 1. The average Bonchev–Trinajstić information content (AvgIpc) is 3.57. The van der Waals surface area contributed by atoms with Crippen LogP contribution in [0.15, 0.2) is 182 Å². The van der Waals surface area contributed by atoms with Crippen LogP contribution in [0.1, 0.15) is 5.56 Å². The summed E-state index contributed by atoms with van der Waals surface area (Å²) in [7, 11) is 0. The van der Waals surface area contributed by atoms with Crippen molar-refractivity contribution in [2.75, 3.05) is 0 Å². The first-order chi connectivity index (χ1) is 26.3. The van der Waals surface area contributed by atoms with E-state index in [1.54, 1.807) is 0 Å². The van der Waals surface area contributed by atoms with Gasteiger partial charge < -0.3 is 4.57 Å². The molecule has 1 aromatic heterocycles. The van der Waals surface area contributed by atoms with Crippen LogP contribution in [0.25, 0.3) is 104 Å². The Balaban J connectivity index is 1.25. The SMILES string of the molecule is N#Cc1ccc2c3c1ccc1c(-c4c5ccccc5c(-c5ccc(-c6ccccc6)c6ccccc56)c5ccccc45)ccc(c13)n2-c1ccccc1. The molecule has 53 heavy (non-hydrogen) atoms. The van der Waals surface area contributed by atoms with Crippen LogP contribution in [0.2, 0.25) is 0 Å². The Hall–Kier alpha value is -7.21. The number of benzene rings is 10. The third kappa shape index (κ3) is 4.20. The highest BCUT2D eigenvalue weighted by molar-refractivity contribution is 6.31. The standard InChI is InChI=1S/C51H30N2/c52-31-33-23-29-46-50-36(33)25-27-45-44(28-30-47(51(45)50)53(46)34-15-5-2-6-16-34)49-41-21-11-9-19-39(41)48(40-20-10-12-22-42(40)49)43-26-24-35(32-13-3-1-4-14-32)37-17-7-8-18-38(37)43/h1-30H. The van der Waals surface area contributed by atoms with Crippen LogP contribution in [-0.4, -0.2) is 4.57 Å². The second-order valence-electron chi connectivity index (χ2n) is 13.9. The minimum absolute atomic E-state index is 0.697. The summed E-state index contributed by atoms with van der Waals surface area (Å²) < 4.78 is 2.35. The fraction of sp³-hybridized carbons (Fsp3) is 0. The normalized spacial score (nSPS) is 11.8. The molecule has 0 unspecified atom stereocenters. The molecular formula is C51H30N2. The molecule has 0 amide bonds. The highest BCUT2D eigenvalue weighted by Gasteiger charge is 2.24. The Kier molecular flexibility index (Phi) is 6.35. The van der Waals surface area contributed by atoms with E-state index >= 15 is 0 Å². The number of fused-ring (bicyclic) bond motifs is 3. The van der Waals surface area contributed by atoms with Crippen molar-refractivity contribution < 1.29 is 0 Å². The molecule has 10 aromatic carbocycles. The Labute approximate surface area is 306 Å². The number of nitrogens with zero attached hydrogens (tertiary/aromatic N) is 2. The third-order valence-corrected chi connectivity index (χ3v) is 11.2. The third-order valence-electron chi connectivity index (χ3n) is 11.2. The molecule has 0 bridgehead atoms. The highest BCUT2D eigenvalue weighted by atomic mass is 15.0. The minimum atomic E-state index is 0.697. The van der Waals surface area contributed by atoms with Gasteiger partial charge in [0.25, 0.3) is 0 Å². The second-order valence-corrected chi connectivity index (χ2v) is 13.9. The molecule has 0 fully saturated rings. The zero-order valence-electron chi connectivity index (χ0n) is 28.7. The van der Waals surface area contributed by atoms with Crippen LogP contribution in [0.3, 0.4) is 0 Å². The summed E-state index contributed by atoms with van der Waals surface area (Å²) in [5.74, 6) is 0. The number of rotatable bonds is 4. The van der Waals surface area contributed by atoms with Gasteiger partial charge in [-0.2, -0.15) is 5.26 Å². The smallest absolute Gasteiger partial charge is 0.0998 e. The summed E-state index contributed by atoms with van der Waals surface area (Å²) in [6.07, 6.45) is 0. The van der Waals surface area contributed by atoms with Gasteiger partial charge in [-0.1, -0.05) is 152 Å². The van der Waals surface area contributed by atoms with Gasteiger partial charge in [-0.05, 0) is 101 Å². The van der Waals surface area contributed by atoms with Crippen LogP contribution in [0.5, 0.6) is 0 Å². The molecule has 0 N–H and O–H groups in total. The maximum atomic E-state index is 10.2. The molecule has 0 saturated carbocycles. The first-order valence-corrected chi connectivity index (χ1v) is 18.1. The van der Waals surface area contributed by atoms with E-state index in [2.05, 4.69) is 187 Å². The first kappa shape index (κ1) is 29.5. The Morgan fingerprint density at radius 1 is 0.340 bits per heavy atom. The lowest BCUT2D eigenvalue weighted by atomic mass is 9.82. The van der Waals surface area contributed by atoms with E-state index < -0.39 is 0 Å². The second kappa shape index (κ2) is 11.4.